The second-order valence-electron chi connectivity index (χ2n) is 2.76. The van der Waals surface area contributed by atoms with E-state index in [-0.39, 0.29) is 19.9 Å². The fourth-order valence-electron chi connectivity index (χ4n) is 0.794. The van der Waals surface area contributed by atoms with Crippen LogP contribution in [0.4, 0.5) is 0 Å². The van der Waals surface area contributed by atoms with Gasteiger partial charge in [0.25, 0.3) is 0 Å². The quantitative estimate of drug-likeness (QED) is 0.452. The van der Waals surface area contributed by atoms with E-state index < -0.39 is 6.04 Å². The van der Waals surface area contributed by atoms with E-state index in [1.807, 2.05) is 30.3 Å². The molecule has 70 valence electrons. The van der Waals surface area contributed by atoms with Gasteiger partial charge in [0.2, 0.25) is 0 Å². The molecule has 0 N–H and O–H groups in total. The molecule has 0 aliphatic carbocycles. The molecular weight excluding hydrogens is 233 g/mol. The summed E-state index contributed by atoms with van der Waals surface area (Å²) < 4.78 is 1.23. The van der Waals surface area contributed by atoms with Crippen LogP contribution in [0.25, 0.3) is 0 Å². The second-order valence-corrected chi connectivity index (χ2v) is 5.05. The predicted molar refractivity (Wildman–Crippen MR) is 53.1 cm³/mol. The van der Waals surface area contributed by atoms with Crippen LogP contribution in [-0.4, -0.2) is 25.9 Å². The van der Waals surface area contributed by atoms with Gasteiger partial charge >= 0.3 is 83.1 Å². The van der Waals surface area contributed by atoms with Gasteiger partial charge in [0, 0.05) is 0 Å². The third kappa shape index (κ3) is 3.57. The van der Waals surface area contributed by atoms with Crippen molar-refractivity contribution < 1.29 is 4.92 Å². The van der Waals surface area contributed by atoms with Gasteiger partial charge in [-0.2, -0.15) is 0 Å². The first-order valence-corrected chi connectivity index (χ1v) is 6.08. The van der Waals surface area contributed by atoms with Crippen LogP contribution in [0.3, 0.4) is 0 Å². The number of rotatable bonds is 4. The summed E-state index contributed by atoms with van der Waals surface area (Å²) in [6.45, 7) is 1.66. The van der Waals surface area contributed by atoms with Crippen LogP contribution in [0.5, 0.6) is 0 Å². The average molecular weight is 244 g/mol. The van der Waals surface area contributed by atoms with Gasteiger partial charge in [-0.25, -0.2) is 0 Å². The van der Waals surface area contributed by atoms with Gasteiger partial charge in [-0.1, -0.05) is 0 Å². The molecule has 0 fully saturated rings. The van der Waals surface area contributed by atoms with Gasteiger partial charge in [0.1, 0.15) is 0 Å². The van der Waals surface area contributed by atoms with Gasteiger partial charge in [-0.05, 0) is 0 Å². The normalized spacial score (nSPS) is 12.4. The molecule has 3 nitrogen and oxygen atoms in total. The van der Waals surface area contributed by atoms with Crippen LogP contribution >= 0.6 is 0 Å². The van der Waals surface area contributed by atoms with E-state index in [1.165, 1.54) is 4.46 Å². The Hall–Kier alpha value is -0.861. The fraction of sp³-hybridized carbons (Fsp3) is 0.333. The Bertz CT molecular complexity index is 276. The minimum atomic E-state index is -0.416. The molecule has 0 heterocycles. The Labute approximate surface area is 83.5 Å². The predicted octanol–water partition coefficient (Wildman–Crippen LogP) is 1.10. The van der Waals surface area contributed by atoms with Crippen molar-refractivity contribution in [3.05, 3.63) is 40.4 Å². The second kappa shape index (κ2) is 5.00. The molecule has 1 unspecified atom stereocenters. The van der Waals surface area contributed by atoms with E-state index in [4.69, 9.17) is 0 Å². The molecule has 0 radical (unpaired) electrons. The van der Waals surface area contributed by atoms with Crippen LogP contribution in [0.2, 0.25) is 5.32 Å². The fourth-order valence-corrected chi connectivity index (χ4v) is 2.69. The van der Waals surface area contributed by atoms with E-state index in [0.29, 0.717) is 5.32 Å². The van der Waals surface area contributed by atoms with Crippen LogP contribution < -0.4 is 4.46 Å². The molecule has 0 saturated heterocycles. The van der Waals surface area contributed by atoms with Crippen molar-refractivity contribution >= 4 is 19.4 Å². The van der Waals surface area contributed by atoms with Crippen molar-refractivity contribution in [2.75, 3.05) is 0 Å². The first kappa shape index (κ1) is 10.2. The van der Waals surface area contributed by atoms with Gasteiger partial charge in [0.15, 0.2) is 0 Å². The van der Waals surface area contributed by atoms with Crippen molar-refractivity contribution in [2.45, 2.75) is 18.3 Å². The van der Waals surface area contributed by atoms with Crippen molar-refractivity contribution in [3.8, 4) is 0 Å². The molecule has 1 aromatic rings. The first-order chi connectivity index (χ1) is 6.20. The molecule has 0 aliphatic rings. The van der Waals surface area contributed by atoms with Gasteiger partial charge in [-0.15, -0.1) is 0 Å². The first-order valence-electron chi connectivity index (χ1n) is 4.01. The zero-order chi connectivity index (χ0) is 9.68. The molecule has 0 saturated carbocycles. The summed E-state index contributed by atoms with van der Waals surface area (Å²) in [4.78, 5) is 10.1. The van der Waals surface area contributed by atoms with Gasteiger partial charge in [0.05, 0.1) is 0 Å². The molecule has 0 bridgehead atoms. The Morgan fingerprint density at radius 2 is 2.08 bits per heavy atom. The third-order valence-corrected chi connectivity index (χ3v) is 4.23. The van der Waals surface area contributed by atoms with E-state index in [2.05, 4.69) is 0 Å². The van der Waals surface area contributed by atoms with Crippen molar-refractivity contribution in [1.29, 1.82) is 0 Å². The van der Waals surface area contributed by atoms with E-state index in [9.17, 15) is 10.1 Å². The average Bonchev–Trinajstić information content (AvgIpc) is 2.15. The molecule has 1 rings (SSSR count). The maximum absolute atomic E-state index is 10.3. The maximum atomic E-state index is 10.3. The molecule has 0 aromatic heterocycles. The number of benzene rings is 1. The summed E-state index contributed by atoms with van der Waals surface area (Å²) in [5, 5.41) is 11.0. The number of nitrogens with zero attached hydrogens (tertiary/aromatic N) is 1. The summed E-state index contributed by atoms with van der Waals surface area (Å²) in [5.74, 6) is 0. The summed E-state index contributed by atoms with van der Waals surface area (Å²) in [7, 11) is 0. The summed E-state index contributed by atoms with van der Waals surface area (Å²) >= 11 is 0.230. The summed E-state index contributed by atoms with van der Waals surface area (Å²) in [5.41, 5.74) is 0. The van der Waals surface area contributed by atoms with E-state index >= 15 is 0 Å². The Kier molecular flexibility index (Phi) is 3.93. The third-order valence-electron chi connectivity index (χ3n) is 1.59. The zero-order valence-electron chi connectivity index (χ0n) is 7.34. The van der Waals surface area contributed by atoms with Crippen molar-refractivity contribution in [2.24, 2.45) is 0 Å². The molecule has 13 heavy (non-hydrogen) atoms. The van der Waals surface area contributed by atoms with Crippen LogP contribution in [0, 0.1) is 10.1 Å². The van der Waals surface area contributed by atoms with Crippen LogP contribution in [0.1, 0.15) is 6.92 Å². The van der Waals surface area contributed by atoms with Crippen LogP contribution in [-0.2, 0) is 0 Å². The van der Waals surface area contributed by atoms with Gasteiger partial charge in [-0.3, -0.25) is 0 Å². The summed E-state index contributed by atoms with van der Waals surface area (Å²) in [6, 6.07) is 9.51. The minimum absolute atomic E-state index is 0.218. The number of nitro groups is 1. The molecule has 1 atom stereocenters. The summed E-state index contributed by atoms with van der Waals surface area (Å²) in [6.07, 6.45) is 0. The topological polar surface area (TPSA) is 43.1 Å². The Morgan fingerprint density at radius 1 is 1.46 bits per heavy atom. The van der Waals surface area contributed by atoms with E-state index in [0.717, 1.165) is 0 Å². The monoisotopic (exact) mass is 245 g/mol. The van der Waals surface area contributed by atoms with Gasteiger partial charge < -0.3 is 0 Å². The molecule has 1 aromatic carbocycles. The molecular formula is C9H11NO2Se. The zero-order valence-corrected chi connectivity index (χ0v) is 9.06. The Morgan fingerprint density at radius 3 is 2.62 bits per heavy atom. The molecule has 0 aliphatic heterocycles. The molecule has 4 heteroatoms. The van der Waals surface area contributed by atoms with Crippen LogP contribution in [0.15, 0.2) is 30.3 Å². The van der Waals surface area contributed by atoms with E-state index in [1.54, 1.807) is 6.92 Å². The standard InChI is InChI=1S/C9H11NO2Se/c1-8(10(11)12)7-13-9-5-3-2-4-6-9/h2-6,8H,7H2,1H3. The Balaban J connectivity index is 2.39. The molecule has 0 amide bonds. The number of hydrogen-bond acceptors (Lipinski definition) is 2. The van der Waals surface area contributed by atoms with Crippen molar-refractivity contribution in [3.63, 3.8) is 0 Å². The SMILES string of the molecule is CC(C[Se]c1ccccc1)[N+](=O)[O-]. The van der Waals surface area contributed by atoms with Crippen molar-refractivity contribution in [1.82, 2.24) is 0 Å². The number of hydrogen-bond donors (Lipinski definition) is 0. The molecule has 0 spiro atoms.